The molecule has 0 aromatic heterocycles. The first kappa shape index (κ1) is 15.8. The van der Waals surface area contributed by atoms with Crippen LogP contribution in [0.4, 0.5) is 5.69 Å². The summed E-state index contributed by atoms with van der Waals surface area (Å²) in [6, 6.07) is 14.1. The molecule has 4 heteroatoms. The van der Waals surface area contributed by atoms with Crippen molar-refractivity contribution in [3.05, 3.63) is 64.2 Å². The molecule has 0 saturated carbocycles. The van der Waals surface area contributed by atoms with Crippen LogP contribution in [-0.2, 0) is 0 Å². The third kappa shape index (κ3) is 3.36. The molecule has 2 rings (SSSR count). The molecular weight excluding hydrogens is 300 g/mol. The van der Waals surface area contributed by atoms with E-state index in [4.69, 9.17) is 29.6 Å². The molecule has 2 aromatic rings. The summed E-state index contributed by atoms with van der Waals surface area (Å²) in [5.41, 5.74) is 10.2. The molecule has 0 heterocycles. The third-order valence-corrected chi connectivity index (χ3v) is 4.26. The minimum absolute atomic E-state index is 0.191. The van der Waals surface area contributed by atoms with Crippen molar-refractivity contribution in [3.8, 4) is 0 Å². The Morgan fingerprint density at radius 2 is 1.81 bits per heavy atom. The van der Waals surface area contributed by atoms with E-state index in [0.717, 1.165) is 21.8 Å². The Morgan fingerprint density at radius 3 is 2.38 bits per heavy atom. The van der Waals surface area contributed by atoms with E-state index in [2.05, 4.69) is 31.9 Å². The van der Waals surface area contributed by atoms with Gasteiger partial charge in [-0.2, -0.15) is 0 Å². The number of para-hydroxylation sites is 1. The Balaban J connectivity index is 2.42. The van der Waals surface area contributed by atoms with Gasteiger partial charge in [-0.3, -0.25) is 0 Å². The van der Waals surface area contributed by atoms with E-state index in [0.29, 0.717) is 4.99 Å². The Morgan fingerprint density at radius 1 is 1.19 bits per heavy atom. The van der Waals surface area contributed by atoms with Gasteiger partial charge in [0.1, 0.15) is 4.99 Å². The summed E-state index contributed by atoms with van der Waals surface area (Å²) in [5, 5.41) is 0.744. The van der Waals surface area contributed by atoms with E-state index in [-0.39, 0.29) is 6.04 Å². The standard InChI is InChI=1S/C17H19ClN2S/c1-11-5-4-6-15(17(19)21)16(11)20(3)12(2)13-7-9-14(18)10-8-13/h4-10,12H,1-3H3,(H2,19,21). The minimum atomic E-state index is 0.191. The number of benzene rings is 2. The van der Waals surface area contributed by atoms with Crippen LogP contribution in [-0.4, -0.2) is 12.0 Å². The minimum Gasteiger partial charge on any atom is -0.389 e. The maximum Gasteiger partial charge on any atom is 0.106 e. The number of thiocarbonyl (C=S) groups is 1. The highest BCUT2D eigenvalue weighted by Gasteiger charge is 2.18. The van der Waals surface area contributed by atoms with Crippen LogP contribution in [0, 0.1) is 6.92 Å². The molecule has 1 unspecified atom stereocenters. The predicted octanol–water partition coefficient (Wildman–Crippen LogP) is 4.48. The topological polar surface area (TPSA) is 29.3 Å². The Hall–Kier alpha value is -1.58. The number of hydrogen-bond acceptors (Lipinski definition) is 2. The van der Waals surface area contributed by atoms with Gasteiger partial charge in [0.05, 0.1) is 11.7 Å². The number of hydrogen-bond donors (Lipinski definition) is 1. The summed E-state index contributed by atoms with van der Waals surface area (Å²) in [7, 11) is 2.06. The number of rotatable bonds is 4. The lowest BCUT2D eigenvalue weighted by atomic mass is 10.0. The van der Waals surface area contributed by atoms with Crippen LogP contribution in [0.1, 0.15) is 29.7 Å². The average molecular weight is 319 g/mol. The van der Waals surface area contributed by atoms with Gasteiger partial charge in [0.25, 0.3) is 0 Å². The fraction of sp³-hybridized carbons (Fsp3) is 0.235. The maximum absolute atomic E-state index is 5.96. The SMILES string of the molecule is Cc1cccc(C(N)=S)c1N(C)C(C)c1ccc(Cl)cc1. The van der Waals surface area contributed by atoms with Gasteiger partial charge < -0.3 is 10.6 Å². The van der Waals surface area contributed by atoms with Crippen molar-refractivity contribution in [2.45, 2.75) is 19.9 Å². The highest BCUT2D eigenvalue weighted by molar-refractivity contribution is 7.80. The number of anilines is 1. The molecule has 0 bridgehead atoms. The first-order valence-electron chi connectivity index (χ1n) is 6.79. The number of halogens is 1. The van der Waals surface area contributed by atoms with Crippen molar-refractivity contribution in [2.75, 3.05) is 11.9 Å². The molecule has 0 radical (unpaired) electrons. The second-order valence-electron chi connectivity index (χ2n) is 5.17. The summed E-state index contributed by atoms with van der Waals surface area (Å²) >= 11 is 11.1. The molecule has 0 fully saturated rings. The molecule has 2 nitrogen and oxygen atoms in total. The molecule has 21 heavy (non-hydrogen) atoms. The highest BCUT2D eigenvalue weighted by atomic mass is 35.5. The van der Waals surface area contributed by atoms with Gasteiger partial charge >= 0.3 is 0 Å². The second-order valence-corrected chi connectivity index (χ2v) is 6.05. The quantitative estimate of drug-likeness (QED) is 0.843. The fourth-order valence-electron chi connectivity index (χ4n) is 2.48. The summed E-state index contributed by atoms with van der Waals surface area (Å²) in [6.45, 7) is 4.22. The van der Waals surface area contributed by atoms with Crippen molar-refractivity contribution in [2.24, 2.45) is 5.73 Å². The van der Waals surface area contributed by atoms with Gasteiger partial charge in [0.2, 0.25) is 0 Å². The Labute approximate surface area is 136 Å². The fourth-order valence-corrected chi connectivity index (χ4v) is 2.78. The van der Waals surface area contributed by atoms with Gasteiger partial charge in [-0.25, -0.2) is 0 Å². The first-order valence-corrected chi connectivity index (χ1v) is 7.58. The molecule has 0 aliphatic rings. The average Bonchev–Trinajstić information content (AvgIpc) is 2.46. The smallest absolute Gasteiger partial charge is 0.106 e. The third-order valence-electron chi connectivity index (χ3n) is 3.79. The zero-order valence-electron chi connectivity index (χ0n) is 12.4. The van der Waals surface area contributed by atoms with E-state index in [1.165, 1.54) is 5.56 Å². The molecular formula is C17H19ClN2S. The lowest BCUT2D eigenvalue weighted by Gasteiger charge is -2.30. The van der Waals surface area contributed by atoms with Crippen LogP contribution < -0.4 is 10.6 Å². The van der Waals surface area contributed by atoms with Crippen molar-refractivity contribution >= 4 is 34.5 Å². The lowest BCUT2D eigenvalue weighted by Crippen LogP contribution is -2.26. The van der Waals surface area contributed by atoms with E-state index in [9.17, 15) is 0 Å². The molecule has 0 aliphatic carbocycles. The summed E-state index contributed by atoms with van der Waals surface area (Å²) < 4.78 is 0. The van der Waals surface area contributed by atoms with Crippen LogP contribution in [0.3, 0.4) is 0 Å². The Kier molecular flexibility index (Phi) is 4.86. The van der Waals surface area contributed by atoms with Crippen LogP contribution in [0.25, 0.3) is 0 Å². The number of nitrogens with two attached hydrogens (primary N) is 1. The molecule has 2 N–H and O–H groups in total. The van der Waals surface area contributed by atoms with Crippen molar-refractivity contribution in [3.63, 3.8) is 0 Å². The monoisotopic (exact) mass is 318 g/mol. The van der Waals surface area contributed by atoms with E-state index in [1.54, 1.807) is 0 Å². The largest absolute Gasteiger partial charge is 0.389 e. The van der Waals surface area contributed by atoms with Gasteiger partial charge in [0, 0.05) is 17.6 Å². The molecule has 0 spiro atoms. The zero-order chi connectivity index (χ0) is 15.6. The normalized spacial score (nSPS) is 12.0. The van der Waals surface area contributed by atoms with Gasteiger partial charge in [-0.15, -0.1) is 0 Å². The van der Waals surface area contributed by atoms with Crippen molar-refractivity contribution in [1.29, 1.82) is 0 Å². The number of nitrogens with zero attached hydrogens (tertiary/aromatic N) is 1. The van der Waals surface area contributed by atoms with E-state index < -0.39 is 0 Å². The van der Waals surface area contributed by atoms with Crippen molar-refractivity contribution < 1.29 is 0 Å². The Bertz CT molecular complexity index is 652. The van der Waals surface area contributed by atoms with Crippen LogP contribution in [0.5, 0.6) is 0 Å². The first-order chi connectivity index (χ1) is 9.91. The second kappa shape index (κ2) is 6.46. The molecule has 110 valence electrons. The number of aryl methyl sites for hydroxylation is 1. The predicted molar refractivity (Wildman–Crippen MR) is 95.3 cm³/mol. The summed E-state index contributed by atoms with van der Waals surface area (Å²) in [6.07, 6.45) is 0. The van der Waals surface area contributed by atoms with E-state index in [1.807, 2.05) is 36.4 Å². The van der Waals surface area contributed by atoms with Crippen molar-refractivity contribution in [1.82, 2.24) is 0 Å². The molecule has 0 amide bonds. The molecule has 0 saturated heterocycles. The van der Waals surface area contributed by atoms with E-state index >= 15 is 0 Å². The van der Waals surface area contributed by atoms with Gasteiger partial charge in [-0.1, -0.05) is 48.1 Å². The summed E-state index contributed by atoms with van der Waals surface area (Å²) in [4.78, 5) is 2.62. The summed E-state index contributed by atoms with van der Waals surface area (Å²) in [5.74, 6) is 0. The zero-order valence-corrected chi connectivity index (χ0v) is 14.0. The van der Waals surface area contributed by atoms with Crippen LogP contribution in [0.2, 0.25) is 5.02 Å². The molecule has 0 aliphatic heterocycles. The lowest BCUT2D eigenvalue weighted by molar-refractivity contribution is 0.737. The van der Waals surface area contributed by atoms with Crippen LogP contribution >= 0.6 is 23.8 Å². The maximum atomic E-state index is 5.96. The highest BCUT2D eigenvalue weighted by Crippen LogP contribution is 2.31. The molecule has 2 aromatic carbocycles. The van der Waals surface area contributed by atoms with Crippen LogP contribution in [0.15, 0.2) is 42.5 Å². The molecule has 1 atom stereocenters. The van der Waals surface area contributed by atoms with Gasteiger partial charge in [0.15, 0.2) is 0 Å². The van der Waals surface area contributed by atoms with Gasteiger partial charge in [-0.05, 0) is 43.2 Å².